The smallest absolute Gasteiger partial charge is 0.238 e. The van der Waals surface area contributed by atoms with Gasteiger partial charge in [0.2, 0.25) is 5.91 Å². The number of carbonyl (C=O) groups is 1. The van der Waals surface area contributed by atoms with Crippen LogP contribution in [0.4, 0.5) is 0 Å². The van der Waals surface area contributed by atoms with Gasteiger partial charge in [-0.05, 0) is 25.7 Å². The first-order chi connectivity index (χ1) is 7.41. The fraction of sp³-hybridized carbons (Fsp3) is 0.909. The van der Waals surface area contributed by atoms with Crippen molar-refractivity contribution in [1.82, 2.24) is 5.32 Å². The molecule has 0 aromatic rings. The van der Waals surface area contributed by atoms with E-state index >= 15 is 0 Å². The molecule has 1 saturated carbocycles. The van der Waals surface area contributed by atoms with Crippen LogP contribution in [0.1, 0.15) is 39.0 Å². The zero-order valence-electron chi connectivity index (χ0n) is 10.0. The first-order valence-electron chi connectivity index (χ1n) is 5.88. The lowest BCUT2D eigenvalue weighted by Crippen LogP contribution is -2.40. The Morgan fingerprint density at radius 2 is 1.88 bits per heavy atom. The number of sulfone groups is 1. The van der Waals surface area contributed by atoms with Crippen LogP contribution in [0.5, 0.6) is 0 Å². The fourth-order valence-corrected chi connectivity index (χ4v) is 2.45. The summed E-state index contributed by atoms with van der Waals surface area (Å²) in [5.41, 5.74) is 0. The molecule has 0 bridgehead atoms. The molecule has 5 heteroatoms. The summed E-state index contributed by atoms with van der Waals surface area (Å²) in [5.74, 6) is 0.164. The number of carbonyl (C=O) groups excluding carboxylic acids is 1. The summed E-state index contributed by atoms with van der Waals surface area (Å²) in [6, 6.07) is 0. The second-order valence-corrected chi connectivity index (χ2v) is 7.09. The Balaban J connectivity index is 2.34. The van der Waals surface area contributed by atoms with Crippen LogP contribution in [0, 0.1) is 5.92 Å². The van der Waals surface area contributed by atoms with Crippen LogP contribution in [-0.2, 0) is 14.6 Å². The predicted molar refractivity (Wildman–Crippen MR) is 63.9 cm³/mol. The Kier molecular flexibility index (Phi) is 4.77. The van der Waals surface area contributed by atoms with Gasteiger partial charge < -0.3 is 5.32 Å². The summed E-state index contributed by atoms with van der Waals surface area (Å²) < 4.78 is 22.3. The minimum Gasteiger partial charge on any atom is -0.355 e. The lowest BCUT2D eigenvalue weighted by molar-refractivity contribution is -0.120. The molecule has 16 heavy (non-hydrogen) atoms. The molecule has 0 heterocycles. The minimum atomic E-state index is -3.27. The molecule has 1 fully saturated rings. The summed E-state index contributed by atoms with van der Waals surface area (Å²) in [4.78, 5) is 11.5. The number of hydrogen-bond donors (Lipinski definition) is 1. The molecule has 0 spiro atoms. The Labute approximate surface area is 97.7 Å². The maximum atomic E-state index is 11.5. The summed E-state index contributed by atoms with van der Waals surface area (Å²) in [7, 11) is -3.27. The van der Waals surface area contributed by atoms with E-state index in [0.717, 1.165) is 19.1 Å². The summed E-state index contributed by atoms with van der Waals surface area (Å²) >= 11 is 0. The van der Waals surface area contributed by atoms with Crippen molar-refractivity contribution in [3.63, 3.8) is 0 Å². The molecule has 0 unspecified atom stereocenters. The first-order valence-corrected chi connectivity index (χ1v) is 7.83. The van der Waals surface area contributed by atoms with E-state index in [2.05, 4.69) is 5.32 Å². The quantitative estimate of drug-likeness (QED) is 0.809. The minimum absolute atomic E-state index is 0.368. The van der Waals surface area contributed by atoms with Crippen molar-refractivity contribution in [2.45, 2.75) is 44.3 Å². The van der Waals surface area contributed by atoms with E-state index in [-0.39, 0.29) is 5.91 Å². The van der Waals surface area contributed by atoms with Crippen molar-refractivity contribution < 1.29 is 13.2 Å². The number of amides is 1. The van der Waals surface area contributed by atoms with Crippen LogP contribution in [0.25, 0.3) is 0 Å². The lowest BCUT2D eigenvalue weighted by atomic mass is 9.89. The Bertz CT molecular complexity index is 331. The monoisotopic (exact) mass is 247 g/mol. The van der Waals surface area contributed by atoms with E-state index in [1.807, 2.05) is 0 Å². The third-order valence-electron chi connectivity index (χ3n) is 3.30. The number of hydrogen-bond acceptors (Lipinski definition) is 3. The largest absolute Gasteiger partial charge is 0.355 e. The molecular formula is C11H21NO3S. The lowest BCUT2D eigenvalue weighted by Gasteiger charge is -2.22. The molecule has 1 N–H and O–H groups in total. The second-order valence-electron chi connectivity index (χ2n) is 4.72. The predicted octanol–water partition coefficient (Wildman–Crippen LogP) is 1.12. The topological polar surface area (TPSA) is 63.2 Å². The number of nitrogens with one attached hydrogen (secondary N) is 1. The molecule has 0 radical (unpaired) electrons. The SMILES string of the molecule is C[C@@H](C(=O)NCC1CCCCC1)S(C)(=O)=O. The highest BCUT2D eigenvalue weighted by atomic mass is 32.2. The molecular weight excluding hydrogens is 226 g/mol. The van der Waals surface area contributed by atoms with Crippen LogP contribution in [0.2, 0.25) is 0 Å². The average molecular weight is 247 g/mol. The number of rotatable bonds is 4. The standard InChI is InChI=1S/C11H21NO3S/c1-9(16(2,14)15)11(13)12-8-10-6-4-3-5-7-10/h9-10H,3-8H2,1-2H3,(H,12,13)/t9-/m0/s1. The summed E-state index contributed by atoms with van der Waals surface area (Å²) in [6.45, 7) is 2.06. The Morgan fingerprint density at radius 3 is 2.38 bits per heavy atom. The molecule has 4 nitrogen and oxygen atoms in total. The van der Waals surface area contributed by atoms with Gasteiger partial charge in [0.1, 0.15) is 5.25 Å². The second kappa shape index (κ2) is 5.66. The highest BCUT2D eigenvalue weighted by Crippen LogP contribution is 2.22. The Morgan fingerprint density at radius 1 is 1.31 bits per heavy atom. The van der Waals surface area contributed by atoms with E-state index in [4.69, 9.17) is 0 Å². The highest BCUT2D eigenvalue weighted by molar-refractivity contribution is 7.92. The maximum Gasteiger partial charge on any atom is 0.238 e. The van der Waals surface area contributed by atoms with E-state index in [9.17, 15) is 13.2 Å². The van der Waals surface area contributed by atoms with Gasteiger partial charge >= 0.3 is 0 Å². The van der Waals surface area contributed by atoms with Crippen molar-refractivity contribution in [2.75, 3.05) is 12.8 Å². The van der Waals surface area contributed by atoms with Crippen LogP contribution in [-0.4, -0.2) is 32.4 Å². The molecule has 0 aliphatic heterocycles. The zero-order chi connectivity index (χ0) is 12.2. The van der Waals surface area contributed by atoms with Crippen LogP contribution >= 0.6 is 0 Å². The van der Waals surface area contributed by atoms with Gasteiger partial charge in [-0.25, -0.2) is 8.42 Å². The highest BCUT2D eigenvalue weighted by Gasteiger charge is 2.24. The van der Waals surface area contributed by atoms with Gasteiger partial charge in [0.25, 0.3) is 0 Å². The first kappa shape index (κ1) is 13.5. The molecule has 0 aromatic carbocycles. The third-order valence-corrected chi connectivity index (χ3v) is 4.80. The zero-order valence-corrected chi connectivity index (χ0v) is 10.8. The molecule has 1 atom stereocenters. The molecule has 1 aliphatic rings. The molecule has 1 amide bonds. The van der Waals surface area contributed by atoms with Gasteiger partial charge in [-0.3, -0.25) is 4.79 Å². The van der Waals surface area contributed by atoms with E-state index < -0.39 is 15.1 Å². The van der Waals surface area contributed by atoms with Crippen LogP contribution < -0.4 is 5.32 Å². The molecule has 0 aromatic heterocycles. The van der Waals surface area contributed by atoms with Crippen molar-refractivity contribution in [1.29, 1.82) is 0 Å². The average Bonchev–Trinajstić information content (AvgIpc) is 2.25. The fourth-order valence-electron chi connectivity index (χ4n) is 1.97. The van der Waals surface area contributed by atoms with Crippen molar-refractivity contribution in [3.8, 4) is 0 Å². The molecule has 1 rings (SSSR count). The van der Waals surface area contributed by atoms with Crippen molar-refractivity contribution in [2.24, 2.45) is 5.92 Å². The summed E-state index contributed by atoms with van der Waals surface area (Å²) in [5, 5.41) is 1.81. The van der Waals surface area contributed by atoms with Crippen molar-refractivity contribution in [3.05, 3.63) is 0 Å². The summed E-state index contributed by atoms with van der Waals surface area (Å²) in [6.07, 6.45) is 7.12. The van der Waals surface area contributed by atoms with E-state index in [1.165, 1.54) is 26.2 Å². The Hall–Kier alpha value is -0.580. The molecule has 0 saturated heterocycles. The van der Waals surface area contributed by atoms with Crippen LogP contribution in [0.15, 0.2) is 0 Å². The van der Waals surface area contributed by atoms with E-state index in [1.54, 1.807) is 0 Å². The van der Waals surface area contributed by atoms with Gasteiger partial charge in [0.05, 0.1) is 0 Å². The van der Waals surface area contributed by atoms with Crippen molar-refractivity contribution >= 4 is 15.7 Å². The van der Waals surface area contributed by atoms with Gasteiger partial charge in [-0.2, -0.15) is 0 Å². The normalized spacial score (nSPS) is 20.4. The molecule has 94 valence electrons. The van der Waals surface area contributed by atoms with Gasteiger partial charge in [-0.15, -0.1) is 0 Å². The maximum absolute atomic E-state index is 11.5. The van der Waals surface area contributed by atoms with Gasteiger partial charge in [-0.1, -0.05) is 19.3 Å². The molecule has 1 aliphatic carbocycles. The third kappa shape index (κ3) is 4.12. The van der Waals surface area contributed by atoms with Crippen LogP contribution in [0.3, 0.4) is 0 Å². The van der Waals surface area contributed by atoms with Gasteiger partial charge in [0.15, 0.2) is 9.84 Å². The van der Waals surface area contributed by atoms with Gasteiger partial charge in [0, 0.05) is 12.8 Å². The van der Waals surface area contributed by atoms with E-state index in [0.29, 0.717) is 12.5 Å².